The summed E-state index contributed by atoms with van der Waals surface area (Å²) in [6, 6.07) is 25.4. The number of hydrogen-bond donors (Lipinski definition) is 1. The molecule has 1 aliphatic rings. The van der Waals surface area contributed by atoms with E-state index in [1.165, 1.54) is 12.8 Å². The Bertz CT molecular complexity index is 1060. The Labute approximate surface area is 189 Å². The summed E-state index contributed by atoms with van der Waals surface area (Å²) in [5.74, 6) is 1.59. The van der Waals surface area contributed by atoms with Gasteiger partial charge in [0.05, 0.1) is 12.9 Å². The molecule has 5 nitrogen and oxygen atoms in total. The van der Waals surface area contributed by atoms with Crippen LogP contribution in [0.5, 0.6) is 11.5 Å². The molecule has 0 fully saturated rings. The van der Waals surface area contributed by atoms with E-state index in [9.17, 15) is 5.11 Å². The van der Waals surface area contributed by atoms with Gasteiger partial charge in [0.25, 0.3) is 0 Å². The normalized spacial score (nSPS) is 15.5. The number of ether oxygens (including phenoxy) is 1. The second kappa shape index (κ2) is 10.6. The van der Waals surface area contributed by atoms with Crippen LogP contribution >= 0.6 is 0 Å². The molecule has 1 aliphatic heterocycles. The van der Waals surface area contributed by atoms with Crippen LogP contribution in [-0.2, 0) is 0 Å². The Morgan fingerprint density at radius 1 is 0.906 bits per heavy atom. The number of aromatic hydroxyl groups is 1. The molecule has 1 heterocycles. The van der Waals surface area contributed by atoms with Gasteiger partial charge in [-0.2, -0.15) is 0 Å². The molecule has 3 aromatic rings. The summed E-state index contributed by atoms with van der Waals surface area (Å²) in [5, 5.41) is 10.7. The molecule has 1 unspecified atom stereocenters. The number of hydrogen-bond acceptors (Lipinski definition) is 5. The third-order valence-corrected chi connectivity index (χ3v) is 5.41. The molecule has 164 valence electrons. The molecule has 32 heavy (non-hydrogen) atoms. The molecule has 4 rings (SSSR count). The minimum atomic E-state index is -0.524. The molecule has 0 aromatic heterocycles. The molecule has 0 bridgehead atoms. The van der Waals surface area contributed by atoms with Crippen molar-refractivity contribution in [3.63, 3.8) is 0 Å². The van der Waals surface area contributed by atoms with Crippen molar-refractivity contribution in [2.45, 2.75) is 38.8 Å². The van der Waals surface area contributed by atoms with E-state index in [1.807, 2.05) is 77.7 Å². The van der Waals surface area contributed by atoms with Crippen LogP contribution in [0.3, 0.4) is 0 Å². The van der Waals surface area contributed by atoms with E-state index >= 15 is 0 Å². The van der Waals surface area contributed by atoms with E-state index in [-0.39, 0.29) is 5.75 Å². The van der Waals surface area contributed by atoms with Gasteiger partial charge < -0.3 is 9.84 Å². The van der Waals surface area contributed by atoms with Crippen molar-refractivity contribution in [1.82, 2.24) is 0 Å². The molecule has 0 radical (unpaired) electrons. The van der Waals surface area contributed by atoms with Gasteiger partial charge in [-0.1, -0.05) is 74.7 Å². The van der Waals surface area contributed by atoms with E-state index in [4.69, 9.17) is 9.73 Å². The van der Waals surface area contributed by atoms with Crippen LogP contribution in [0.1, 0.15) is 49.9 Å². The van der Waals surface area contributed by atoms with Gasteiger partial charge in [0.1, 0.15) is 17.3 Å². The highest BCUT2D eigenvalue weighted by atomic mass is 16.5. The number of para-hydroxylation sites is 1. The number of benzene rings is 3. The minimum absolute atomic E-state index is 0.141. The van der Waals surface area contributed by atoms with Crippen molar-refractivity contribution >= 4 is 17.9 Å². The Balaban J connectivity index is 1.57. The van der Waals surface area contributed by atoms with Crippen LogP contribution in [0.2, 0.25) is 0 Å². The third-order valence-electron chi connectivity index (χ3n) is 5.41. The first kappa shape index (κ1) is 21.6. The Kier molecular flexibility index (Phi) is 7.18. The lowest BCUT2D eigenvalue weighted by Crippen LogP contribution is -2.33. The fourth-order valence-corrected chi connectivity index (χ4v) is 3.67. The van der Waals surface area contributed by atoms with Crippen LogP contribution in [0.25, 0.3) is 0 Å². The zero-order valence-electron chi connectivity index (χ0n) is 18.4. The lowest BCUT2D eigenvalue weighted by atomic mass is 10.1. The number of nitrogens with zero attached hydrogens (tertiary/aromatic N) is 3. The molecule has 1 atom stereocenters. The predicted octanol–water partition coefficient (Wildman–Crippen LogP) is 6.35. The average molecular weight is 428 g/mol. The highest BCUT2D eigenvalue weighted by Crippen LogP contribution is 2.34. The van der Waals surface area contributed by atoms with Crippen molar-refractivity contribution < 1.29 is 9.84 Å². The maximum Gasteiger partial charge on any atom is 0.172 e. The van der Waals surface area contributed by atoms with Gasteiger partial charge in [0, 0.05) is 22.9 Å². The number of phenolic OH excluding ortho intramolecular Hbond substituents is 1. The summed E-state index contributed by atoms with van der Waals surface area (Å²) in [4.78, 5) is 11.5. The van der Waals surface area contributed by atoms with Gasteiger partial charge in [-0.25, -0.2) is 9.98 Å². The molecular weight excluding hydrogens is 398 g/mol. The fraction of sp³-hybridized carbons (Fsp3) is 0.259. The minimum Gasteiger partial charge on any atom is -0.507 e. The maximum atomic E-state index is 10.7. The van der Waals surface area contributed by atoms with E-state index in [1.54, 1.807) is 12.4 Å². The molecule has 0 amide bonds. The second-order valence-corrected chi connectivity index (χ2v) is 7.79. The van der Waals surface area contributed by atoms with Crippen molar-refractivity contribution in [1.29, 1.82) is 0 Å². The predicted molar refractivity (Wildman–Crippen MR) is 131 cm³/mol. The van der Waals surface area contributed by atoms with E-state index < -0.39 is 6.17 Å². The van der Waals surface area contributed by atoms with Gasteiger partial charge in [-0.05, 0) is 30.7 Å². The first-order chi connectivity index (χ1) is 15.8. The lowest BCUT2D eigenvalue weighted by Gasteiger charge is -2.27. The number of phenols is 1. The maximum absolute atomic E-state index is 10.7. The smallest absolute Gasteiger partial charge is 0.172 e. The molecule has 5 heteroatoms. The van der Waals surface area contributed by atoms with Gasteiger partial charge in [0.2, 0.25) is 0 Å². The Hall–Kier alpha value is -3.60. The van der Waals surface area contributed by atoms with Gasteiger partial charge >= 0.3 is 0 Å². The summed E-state index contributed by atoms with van der Waals surface area (Å²) in [5.41, 5.74) is 2.62. The summed E-state index contributed by atoms with van der Waals surface area (Å²) in [6.45, 7) is 2.85. The monoisotopic (exact) mass is 427 g/mol. The van der Waals surface area contributed by atoms with Gasteiger partial charge in [-0.15, -0.1) is 0 Å². The third kappa shape index (κ3) is 5.17. The summed E-state index contributed by atoms with van der Waals surface area (Å²) < 4.78 is 5.80. The summed E-state index contributed by atoms with van der Waals surface area (Å²) in [6.07, 6.45) is 5.85. The average Bonchev–Trinajstić information content (AvgIpc) is 2.85. The second-order valence-electron chi connectivity index (χ2n) is 7.79. The van der Waals surface area contributed by atoms with Crippen LogP contribution in [-0.4, -0.2) is 23.9 Å². The van der Waals surface area contributed by atoms with Crippen LogP contribution in [0.15, 0.2) is 88.8 Å². The van der Waals surface area contributed by atoms with Crippen molar-refractivity contribution in [3.05, 3.63) is 90.0 Å². The lowest BCUT2D eigenvalue weighted by molar-refractivity contribution is 0.303. The highest BCUT2D eigenvalue weighted by Gasteiger charge is 2.23. The standard InChI is InChI=1S/C27H29N3O2/c1-2-3-4-11-18-32-23-16-17-24(25(31)19-23)26-28-20-30(22-14-9-6-10-15-22)27(29-26)21-12-7-5-8-13-21/h5-10,12-17,19-20,26,31H,2-4,11,18H2,1H3. The highest BCUT2D eigenvalue weighted by molar-refractivity contribution is 6.20. The van der Waals surface area contributed by atoms with Crippen molar-refractivity contribution in [2.24, 2.45) is 9.98 Å². The zero-order valence-corrected chi connectivity index (χ0v) is 18.4. The van der Waals surface area contributed by atoms with Crippen LogP contribution < -0.4 is 9.64 Å². The quantitative estimate of drug-likeness (QED) is 0.405. The Morgan fingerprint density at radius 3 is 2.38 bits per heavy atom. The largest absolute Gasteiger partial charge is 0.507 e. The van der Waals surface area contributed by atoms with Gasteiger partial charge in [-0.3, -0.25) is 4.90 Å². The zero-order chi connectivity index (χ0) is 22.2. The number of amidine groups is 1. The number of aliphatic imine (C=N–C) groups is 2. The van der Waals surface area contributed by atoms with E-state index in [2.05, 4.69) is 11.9 Å². The van der Waals surface area contributed by atoms with Crippen molar-refractivity contribution in [3.8, 4) is 11.5 Å². The fourth-order valence-electron chi connectivity index (χ4n) is 3.67. The van der Waals surface area contributed by atoms with Crippen LogP contribution in [0, 0.1) is 0 Å². The number of unbranched alkanes of at least 4 members (excludes halogenated alkanes) is 3. The van der Waals surface area contributed by atoms with Crippen molar-refractivity contribution in [2.75, 3.05) is 11.5 Å². The SMILES string of the molecule is CCCCCCOc1ccc(C2N=CN(c3ccccc3)C(c3ccccc3)=N2)c(O)c1. The molecule has 0 saturated carbocycles. The summed E-state index contributed by atoms with van der Waals surface area (Å²) >= 11 is 0. The number of rotatable bonds is 9. The molecule has 0 spiro atoms. The van der Waals surface area contributed by atoms with E-state index in [0.29, 0.717) is 17.9 Å². The molecule has 3 aromatic carbocycles. The number of anilines is 1. The molecular formula is C27H29N3O2. The van der Waals surface area contributed by atoms with Crippen LogP contribution in [0.4, 0.5) is 5.69 Å². The molecule has 0 saturated heterocycles. The first-order valence-electron chi connectivity index (χ1n) is 11.2. The summed E-state index contributed by atoms with van der Waals surface area (Å²) in [7, 11) is 0. The Morgan fingerprint density at radius 2 is 1.66 bits per heavy atom. The topological polar surface area (TPSA) is 57.4 Å². The molecule has 1 N–H and O–H groups in total. The first-order valence-corrected chi connectivity index (χ1v) is 11.2. The molecule has 0 aliphatic carbocycles. The van der Waals surface area contributed by atoms with E-state index in [0.717, 1.165) is 29.9 Å². The van der Waals surface area contributed by atoms with Gasteiger partial charge in [0.15, 0.2) is 6.17 Å².